The standard InChI is InChI=1S/C53H84O23/c1-48(2)13-14-52(47(68)76-45-41(67)38(64)35(61)28(73-45)21-70-43-39(65)36(62)33(59)26(18-54)71-43)15-16-53(22-56)23(24(52)17-48)7-8-30-50(5)11-10-31(49(3,4)29(50)9-12-51(30,53)6)74-46-42(32(58)25(57)20-69-46)75-44-40(66)37(63)34(60)27(19-55)72-44/h7,22,24-46,54-55,57-67H,8-21H2,1-6H3/t24-,25-,26+,27+,28+,29-,30+,31-,32-,33+,34+,35+,36-,37-,38-,39+,40+,41+,42+,43+,44-,45-,46-,50-,51+,52-,53-/m0/s1. The van der Waals surface area contributed by atoms with Crippen LogP contribution >= 0.6 is 0 Å². The molecule has 4 saturated heterocycles. The SMILES string of the molecule is CC1(C)CC[C@]2(C(=O)O[C@@H]3O[C@H](CO[C@@H]4O[C@H](CO)[C@@H](O)[C@H](O)[C@H]4O)[C@@H](O)[C@H](O)[C@H]3O)CC[C@]3(C=O)C(=CC[C@@H]4[C@@]5(C)CC[C@H](O[C@@H]6OC[C@H](O)[C@H](O)[C@H]6O[C@@H]6O[C@H](CO)[C@@H](O)[C@H](O)[C@H]6O)C(C)(C)[C@@H]5CC[C@]43C)[C@@H]2C1. The molecule has 0 bridgehead atoms. The maximum absolute atomic E-state index is 15.1. The van der Waals surface area contributed by atoms with Gasteiger partial charge in [0.05, 0.1) is 43.4 Å². The summed E-state index contributed by atoms with van der Waals surface area (Å²) in [5.41, 5.74) is -2.87. The van der Waals surface area contributed by atoms with Gasteiger partial charge in [0, 0.05) is 0 Å². The average molecular weight is 1090 g/mol. The first-order valence-corrected chi connectivity index (χ1v) is 27.3. The van der Waals surface area contributed by atoms with Crippen LogP contribution in [0, 0.1) is 50.2 Å². The quantitative estimate of drug-likeness (QED) is 0.0426. The van der Waals surface area contributed by atoms with Crippen LogP contribution in [0.15, 0.2) is 11.6 Å². The molecule has 0 aromatic rings. The lowest BCUT2D eigenvalue weighted by Crippen LogP contribution is -2.67. The van der Waals surface area contributed by atoms with Crippen LogP contribution in [-0.2, 0) is 47.5 Å². The maximum atomic E-state index is 15.1. The van der Waals surface area contributed by atoms with Crippen molar-refractivity contribution in [2.45, 2.75) is 229 Å². The lowest BCUT2D eigenvalue weighted by Gasteiger charge is -2.70. The van der Waals surface area contributed by atoms with Crippen LogP contribution in [0.25, 0.3) is 0 Å². The van der Waals surface area contributed by atoms with Crippen LogP contribution in [0.4, 0.5) is 0 Å². The van der Waals surface area contributed by atoms with Crippen molar-refractivity contribution in [2.24, 2.45) is 50.2 Å². The number of fused-ring (bicyclic) bond motifs is 7. The van der Waals surface area contributed by atoms with Gasteiger partial charge in [-0.3, -0.25) is 4.79 Å². The molecule has 4 aliphatic heterocycles. The second-order valence-electron chi connectivity index (χ2n) is 25.6. The molecule has 4 saturated carbocycles. The number of hydrogen-bond donors (Lipinski definition) is 13. The summed E-state index contributed by atoms with van der Waals surface area (Å²) >= 11 is 0. The zero-order valence-electron chi connectivity index (χ0n) is 44.2. The first-order chi connectivity index (χ1) is 35.7. The molecule has 13 N–H and O–H groups in total. The minimum atomic E-state index is -1.88. The number of aliphatic hydroxyl groups is 13. The second-order valence-corrected chi connectivity index (χ2v) is 25.6. The van der Waals surface area contributed by atoms with Gasteiger partial charge in [-0.15, -0.1) is 0 Å². The van der Waals surface area contributed by atoms with Crippen molar-refractivity contribution in [3.8, 4) is 0 Å². The molecule has 0 spiro atoms. The van der Waals surface area contributed by atoms with Crippen molar-refractivity contribution in [3.05, 3.63) is 11.6 Å². The van der Waals surface area contributed by atoms with E-state index in [0.717, 1.165) is 11.9 Å². The summed E-state index contributed by atoms with van der Waals surface area (Å²) in [5.74, 6) is -1.07. The molecule has 4 heterocycles. The average Bonchev–Trinajstić information content (AvgIpc) is 3.42. The predicted molar refractivity (Wildman–Crippen MR) is 257 cm³/mol. The minimum Gasteiger partial charge on any atom is -0.432 e. The van der Waals surface area contributed by atoms with E-state index in [0.29, 0.717) is 57.8 Å². The van der Waals surface area contributed by atoms with E-state index >= 15 is 4.79 Å². The number of allylic oxidation sites excluding steroid dienone is 2. The molecule has 9 rings (SSSR count). The number of rotatable bonds is 12. The van der Waals surface area contributed by atoms with E-state index in [1.54, 1.807) is 0 Å². The molecule has 8 fully saturated rings. The largest absolute Gasteiger partial charge is 0.432 e. The Hall–Kier alpha value is -1.92. The topological polar surface area (TPSA) is 371 Å². The van der Waals surface area contributed by atoms with E-state index in [2.05, 4.69) is 47.6 Å². The molecule has 76 heavy (non-hydrogen) atoms. The zero-order valence-corrected chi connectivity index (χ0v) is 44.2. The highest BCUT2D eigenvalue weighted by atomic mass is 16.8. The number of hydrogen-bond acceptors (Lipinski definition) is 23. The van der Waals surface area contributed by atoms with E-state index < -0.39 is 176 Å². The fourth-order valence-electron chi connectivity index (χ4n) is 16.1. The third kappa shape index (κ3) is 9.47. The van der Waals surface area contributed by atoms with Gasteiger partial charge in [0.1, 0.15) is 97.8 Å². The molecule has 0 aromatic carbocycles. The fourth-order valence-corrected chi connectivity index (χ4v) is 16.1. The molecular formula is C53H84O23. The van der Waals surface area contributed by atoms with Crippen molar-refractivity contribution in [3.63, 3.8) is 0 Å². The van der Waals surface area contributed by atoms with Gasteiger partial charge < -0.3 is 109 Å². The Bertz CT molecular complexity index is 2110. The van der Waals surface area contributed by atoms with Gasteiger partial charge in [-0.2, -0.15) is 0 Å². The summed E-state index contributed by atoms with van der Waals surface area (Å²) in [4.78, 5) is 29.4. The molecule has 5 aliphatic carbocycles. The first kappa shape index (κ1) is 58.7. The van der Waals surface area contributed by atoms with E-state index in [-0.39, 0.29) is 35.7 Å². The van der Waals surface area contributed by atoms with E-state index in [9.17, 15) is 71.2 Å². The van der Waals surface area contributed by atoms with Gasteiger partial charge >= 0.3 is 5.97 Å². The monoisotopic (exact) mass is 1090 g/mol. The van der Waals surface area contributed by atoms with Gasteiger partial charge in [0.15, 0.2) is 18.9 Å². The molecule has 23 nitrogen and oxygen atoms in total. The van der Waals surface area contributed by atoms with Crippen LogP contribution in [-0.4, -0.2) is 228 Å². The summed E-state index contributed by atoms with van der Waals surface area (Å²) in [6, 6.07) is 0. The van der Waals surface area contributed by atoms with Crippen LogP contribution in [0.2, 0.25) is 0 Å². The number of carbonyl (C=O) groups is 2. The van der Waals surface area contributed by atoms with E-state index in [4.69, 9.17) is 37.9 Å². The zero-order chi connectivity index (χ0) is 55.4. The Morgan fingerprint density at radius 3 is 1.84 bits per heavy atom. The fraction of sp³-hybridized carbons (Fsp3) is 0.925. The summed E-state index contributed by atoms with van der Waals surface area (Å²) in [6.07, 6.45) is -22.2. The maximum Gasteiger partial charge on any atom is 0.315 e. The number of aldehydes is 1. The number of aliphatic hydroxyl groups excluding tert-OH is 13. The molecule has 0 radical (unpaired) electrons. The molecule has 9 aliphatic rings. The van der Waals surface area contributed by atoms with E-state index in [1.165, 1.54) is 0 Å². The van der Waals surface area contributed by atoms with Crippen LogP contribution in [0.3, 0.4) is 0 Å². The molecule has 0 amide bonds. The summed E-state index contributed by atoms with van der Waals surface area (Å²) in [5, 5.41) is 137. The molecule has 23 heteroatoms. The first-order valence-electron chi connectivity index (χ1n) is 27.3. The Kier molecular flexibility index (Phi) is 16.6. The third-order valence-electron chi connectivity index (χ3n) is 20.7. The van der Waals surface area contributed by atoms with Crippen LogP contribution in [0.1, 0.15) is 106 Å². The van der Waals surface area contributed by atoms with Crippen molar-refractivity contribution >= 4 is 12.3 Å². The van der Waals surface area contributed by atoms with Gasteiger partial charge in [0.25, 0.3) is 0 Å². The van der Waals surface area contributed by atoms with Crippen molar-refractivity contribution in [1.29, 1.82) is 0 Å². The molecule has 434 valence electrons. The highest BCUT2D eigenvalue weighted by Gasteiger charge is 2.71. The van der Waals surface area contributed by atoms with Gasteiger partial charge in [-0.1, -0.05) is 53.2 Å². The van der Waals surface area contributed by atoms with Crippen LogP contribution < -0.4 is 0 Å². The smallest absolute Gasteiger partial charge is 0.315 e. The minimum absolute atomic E-state index is 0.00924. The van der Waals surface area contributed by atoms with Gasteiger partial charge in [-0.25, -0.2) is 0 Å². The van der Waals surface area contributed by atoms with E-state index in [1.807, 2.05) is 0 Å². The third-order valence-corrected chi connectivity index (χ3v) is 20.7. The normalized spacial score (nSPS) is 52.9. The second kappa shape index (κ2) is 21.4. The predicted octanol–water partition coefficient (Wildman–Crippen LogP) is -2.22. The van der Waals surface area contributed by atoms with Crippen molar-refractivity contribution in [2.75, 3.05) is 26.4 Å². The lowest BCUT2D eigenvalue weighted by molar-refractivity contribution is -0.367. The molecule has 27 atom stereocenters. The van der Waals surface area contributed by atoms with Gasteiger partial charge in [0.2, 0.25) is 6.29 Å². The van der Waals surface area contributed by atoms with Gasteiger partial charge in [-0.05, 0) is 104 Å². The Balaban J connectivity index is 0.934. The van der Waals surface area contributed by atoms with Crippen molar-refractivity contribution < 1.29 is 114 Å². The number of ether oxygens (including phenoxy) is 8. The number of carbonyl (C=O) groups excluding carboxylic acids is 2. The summed E-state index contributed by atoms with van der Waals surface area (Å²) < 4.78 is 47.4. The Morgan fingerprint density at radius 2 is 1.21 bits per heavy atom. The van der Waals surface area contributed by atoms with Crippen molar-refractivity contribution in [1.82, 2.24) is 0 Å². The highest BCUT2D eigenvalue weighted by Crippen LogP contribution is 2.75. The lowest BCUT2D eigenvalue weighted by atomic mass is 9.33. The molecule has 0 aromatic heterocycles. The summed E-state index contributed by atoms with van der Waals surface area (Å²) in [6.45, 7) is 10.8. The highest BCUT2D eigenvalue weighted by molar-refractivity contribution is 5.81. The molecule has 0 unspecified atom stereocenters. The Labute approximate surface area is 442 Å². The van der Waals surface area contributed by atoms with Crippen LogP contribution in [0.5, 0.6) is 0 Å². The number of esters is 1. The Morgan fingerprint density at radius 1 is 0.632 bits per heavy atom. The summed E-state index contributed by atoms with van der Waals surface area (Å²) in [7, 11) is 0. The molecular weight excluding hydrogens is 1000 g/mol.